The zero-order chi connectivity index (χ0) is 17.5. The van der Waals surface area contributed by atoms with Crippen molar-refractivity contribution in [2.45, 2.75) is 24.8 Å². The second kappa shape index (κ2) is 6.34. The molecular weight excluding hydrogens is 338 g/mol. The van der Waals surface area contributed by atoms with Crippen LogP contribution in [-0.2, 0) is 0 Å². The summed E-state index contributed by atoms with van der Waals surface area (Å²) in [6.45, 7) is 0. The molecule has 1 N–H and O–H groups in total. The van der Waals surface area contributed by atoms with E-state index in [2.05, 4.69) is 78.2 Å². The number of hydrogen-bond acceptors (Lipinski definition) is 1. The molecule has 0 radical (unpaired) electrons. The Balaban J connectivity index is 1.50. The van der Waals surface area contributed by atoms with E-state index in [0.717, 1.165) is 17.9 Å². The predicted octanol–water partition coefficient (Wildman–Crippen LogP) is 6.52. The third kappa shape index (κ3) is 2.64. The molecule has 26 heavy (non-hydrogen) atoms. The Morgan fingerprint density at radius 1 is 0.885 bits per heavy atom. The molecule has 0 spiro atoms. The standard InChI is InChI=1S/C24H20ClN/c25-19-13-14-22-21(15-19)24-20(7-4-8-23(24)26-22)18-11-9-17(10-12-18)16-5-2-1-3-6-16/h1-9,11,13-15,23-24,26H,10,12H2. The highest BCUT2D eigenvalue weighted by Crippen LogP contribution is 2.47. The van der Waals surface area contributed by atoms with Gasteiger partial charge in [0.25, 0.3) is 0 Å². The maximum Gasteiger partial charge on any atom is 0.0557 e. The number of anilines is 1. The number of allylic oxidation sites excluding steroid dienone is 6. The van der Waals surface area contributed by atoms with Crippen LogP contribution in [0.1, 0.15) is 29.9 Å². The van der Waals surface area contributed by atoms with E-state index >= 15 is 0 Å². The molecule has 2 aliphatic carbocycles. The van der Waals surface area contributed by atoms with Gasteiger partial charge in [-0.2, -0.15) is 0 Å². The van der Waals surface area contributed by atoms with Crippen molar-refractivity contribution in [3.63, 3.8) is 0 Å². The quantitative estimate of drug-likeness (QED) is 0.645. The number of nitrogens with one attached hydrogen (secondary N) is 1. The molecule has 5 rings (SSSR count). The summed E-state index contributed by atoms with van der Waals surface area (Å²) in [7, 11) is 0. The van der Waals surface area contributed by atoms with E-state index in [-0.39, 0.29) is 0 Å². The molecule has 2 heteroatoms. The molecule has 0 saturated heterocycles. The van der Waals surface area contributed by atoms with Gasteiger partial charge in [-0.15, -0.1) is 0 Å². The summed E-state index contributed by atoms with van der Waals surface area (Å²) in [4.78, 5) is 0. The molecule has 2 aromatic carbocycles. The van der Waals surface area contributed by atoms with Gasteiger partial charge in [-0.1, -0.05) is 72.3 Å². The first-order valence-corrected chi connectivity index (χ1v) is 9.57. The van der Waals surface area contributed by atoms with Crippen LogP contribution in [-0.4, -0.2) is 6.04 Å². The van der Waals surface area contributed by atoms with E-state index in [0.29, 0.717) is 12.0 Å². The normalized spacial score (nSPS) is 23.3. The second-order valence-corrected chi connectivity index (χ2v) is 7.57. The number of rotatable bonds is 2. The van der Waals surface area contributed by atoms with Gasteiger partial charge in [-0.05, 0) is 58.9 Å². The van der Waals surface area contributed by atoms with Crippen molar-refractivity contribution in [2.24, 2.45) is 0 Å². The molecule has 0 amide bonds. The van der Waals surface area contributed by atoms with Crippen molar-refractivity contribution in [3.8, 4) is 0 Å². The zero-order valence-corrected chi connectivity index (χ0v) is 15.2. The summed E-state index contributed by atoms with van der Waals surface area (Å²) in [6, 6.07) is 17.2. The van der Waals surface area contributed by atoms with E-state index in [4.69, 9.17) is 11.6 Å². The first-order chi connectivity index (χ1) is 12.8. The molecule has 3 aliphatic rings. The number of benzene rings is 2. The summed E-state index contributed by atoms with van der Waals surface area (Å²) < 4.78 is 0. The summed E-state index contributed by atoms with van der Waals surface area (Å²) in [5, 5.41) is 4.45. The minimum atomic E-state index is 0.323. The maximum absolute atomic E-state index is 6.29. The molecule has 0 fully saturated rings. The topological polar surface area (TPSA) is 12.0 Å². The fourth-order valence-corrected chi connectivity index (χ4v) is 4.54. The van der Waals surface area contributed by atoms with Gasteiger partial charge in [0.15, 0.2) is 0 Å². The summed E-state index contributed by atoms with van der Waals surface area (Å²) >= 11 is 6.29. The van der Waals surface area contributed by atoms with Gasteiger partial charge in [-0.25, -0.2) is 0 Å². The minimum absolute atomic E-state index is 0.323. The van der Waals surface area contributed by atoms with Crippen molar-refractivity contribution in [3.05, 3.63) is 106 Å². The number of hydrogen-bond donors (Lipinski definition) is 1. The van der Waals surface area contributed by atoms with Gasteiger partial charge in [-0.3, -0.25) is 0 Å². The fraction of sp³-hybridized carbons (Fsp3) is 0.167. The Kier molecular flexibility index (Phi) is 3.83. The van der Waals surface area contributed by atoms with Crippen LogP contribution < -0.4 is 5.32 Å². The Labute approximate surface area is 159 Å². The molecule has 0 saturated carbocycles. The van der Waals surface area contributed by atoms with Crippen molar-refractivity contribution in [1.82, 2.24) is 0 Å². The minimum Gasteiger partial charge on any atom is -0.378 e. The van der Waals surface area contributed by atoms with Gasteiger partial charge in [0.05, 0.1) is 6.04 Å². The Morgan fingerprint density at radius 3 is 2.50 bits per heavy atom. The lowest BCUT2D eigenvalue weighted by atomic mass is 9.78. The lowest BCUT2D eigenvalue weighted by molar-refractivity contribution is 0.752. The van der Waals surface area contributed by atoms with Crippen LogP contribution in [0.4, 0.5) is 5.69 Å². The van der Waals surface area contributed by atoms with E-state index in [9.17, 15) is 0 Å². The highest BCUT2D eigenvalue weighted by Gasteiger charge is 2.35. The SMILES string of the molecule is Clc1ccc2c(c1)C1C(C3=CC=C(c4ccccc4)CC3)=CC=CC1N2. The van der Waals surface area contributed by atoms with E-state index in [1.54, 1.807) is 0 Å². The zero-order valence-electron chi connectivity index (χ0n) is 14.5. The first kappa shape index (κ1) is 15.7. The van der Waals surface area contributed by atoms with Crippen molar-refractivity contribution in [2.75, 3.05) is 5.32 Å². The molecule has 1 aliphatic heterocycles. The Morgan fingerprint density at radius 2 is 1.69 bits per heavy atom. The number of fused-ring (bicyclic) bond motifs is 3. The average molecular weight is 358 g/mol. The molecule has 2 atom stereocenters. The molecular formula is C24H20ClN. The molecule has 1 heterocycles. The van der Waals surface area contributed by atoms with Crippen LogP contribution in [0.25, 0.3) is 5.57 Å². The van der Waals surface area contributed by atoms with Gasteiger partial charge in [0.1, 0.15) is 0 Å². The summed E-state index contributed by atoms with van der Waals surface area (Å²) in [5.74, 6) is 0.353. The van der Waals surface area contributed by atoms with Crippen LogP contribution in [0.3, 0.4) is 0 Å². The molecule has 2 aromatic rings. The van der Waals surface area contributed by atoms with Crippen LogP contribution >= 0.6 is 11.6 Å². The van der Waals surface area contributed by atoms with Crippen molar-refractivity contribution in [1.29, 1.82) is 0 Å². The first-order valence-electron chi connectivity index (χ1n) is 9.19. The second-order valence-electron chi connectivity index (χ2n) is 7.14. The highest BCUT2D eigenvalue weighted by atomic mass is 35.5. The average Bonchev–Trinajstić information content (AvgIpc) is 3.07. The largest absolute Gasteiger partial charge is 0.378 e. The van der Waals surface area contributed by atoms with Gasteiger partial charge in [0.2, 0.25) is 0 Å². The molecule has 1 nitrogen and oxygen atoms in total. The molecule has 0 aromatic heterocycles. The van der Waals surface area contributed by atoms with E-state index in [1.165, 1.54) is 33.5 Å². The molecule has 0 bridgehead atoms. The predicted molar refractivity (Wildman–Crippen MR) is 111 cm³/mol. The van der Waals surface area contributed by atoms with Gasteiger partial charge >= 0.3 is 0 Å². The summed E-state index contributed by atoms with van der Waals surface area (Å²) in [6.07, 6.45) is 13.5. The smallest absolute Gasteiger partial charge is 0.0557 e. The fourth-order valence-electron chi connectivity index (χ4n) is 4.36. The van der Waals surface area contributed by atoms with Crippen LogP contribution in [0.15, 0.2) is 90.1 Å². The molecule has 128 valence electrons. The Bertz CT molecular complexity index is 979. The Hall–Kier alpha value is -2.51. The lowest BCUT2D eigenvalue weighted by Gasteiger charge is -2.27. The van der Waals surface area contributed by atoms with Crippen molar-refractivity contribution < 1.29 is 0 Å². The van der Waals surface area contributed by atoms with Crippen LogP contribution in [0.2, 0.25) is 5.02 Å². The monoisotopic (exact) mass is 357 g/mol. The number of halogens is 1. The third-order valence-electron chi connectivity index (χ3n) is 5.62. The van der Waals surface area contributed by atoms with E-state index < -0.39 is 0 Å². The van der Waals surface area contributed by atoms with Gasteiger partial charge < -0.3 is 5.32 Å². The van der Waals surface area contributed by atoms with Crippen molar-refractivity contribution >= 4 is 22.9 Å². The van der Waals surface area contributed by atoms with Crippen LogP contribution in [0.5, 0.6) is 0 Å². The summed E-state index contributed by atoms with van der Waals surface area (Å²) in [5.41, 5.74) is 8.15. The third-order valence-corrected chi connectivity index (χ3v) is 5.86. The van der Waals surface area contributed by atoms with Gasteiger partial charge in [0, 0.05) is 16.6 Å². The van der Waals surface area contributed by atoms with E-state index in [1.807, 2.05) is 6.07 Å². The highest BCUT2D eigenvalue weighted by molar-refractivity contribution is 6.30. The van der Waals surface area contributed by atoms with Crippen LogP contribution in [0, 0.1) is 0 Å². The lowest BCUT2D eigenvalue weighted by Crippen LogP contribution is -2.22. The maximum atomic E-state index is 6.29. The molecule has 2 unspecified atom stereocenters.